The molecule has 0 spiro atoms. The average Bonchev–Trinajstić information content (AvgIpc) is 2.36. The summed E-state index contributed by atoms with van der Waals surface area (Å²) in [4.78, 5) is 0.528. The van der Waals surface area contributed by atoms with E-state index in [0.29, 0.717) is 4.90 Å². The van der Waals surface area contributed by atoms with Crippen molar-refractivity contribution in [2.75, 3.05) is 0 Å². The van der Waals surface area contributed by atoms with E-state index in [4.69, 9.17) is 0 Å². The molecule has 0 radical (unpaired) electrons. The summed E-state index contributed by atoms with van der Waals surface area (Å²) in [5.41, 5.74) is 3.88. The molecular formula is C17H27NO2S. The van der Waals surface area contributed by atoms with Gasteiger partial charge in [-0.1, -0.05) is 12.5 Å². The van der Waals surface area contributed by atoms with Crippen LogP contribution in [0.15, 0.2) is 11.0 Å². The molecular weight excluding hydrogens is 282 g/mol. The molecule has 2 rings (SSSR count). The molecule has 0 unspecified atom stereocenters. The standard InChI is InChI=1S/C17H27NO2S/c1-11-10-12(2)16(6)17(15(11)5)21(19,20)18-13(3)8-7-9-14(18)4/h10,13-14H,7-9H2,1-6H3/t13-,14+. The van der Waals surface area contributed by atoms with Crippen molar-refractivity contribution >= 4 is 10.0 Å². The van der Waals surface area contributed by atoms with Crippen molar-refractivity contribution in [3.63, 3.8) is 0 Å². The molecule has 0 saturated carbocycles. The first-order valence-corrected chi connectivity index (χ1v) is 9.23. The second kappa shape index (κ2) is 5.73. The van der Waals surface area contributed by atoms with E-state index in [1.54, 1.807) is 4.31 Å². The number of sulfonamides is 1. The van der Waals surface area contributed by atoms with Crippen LogP contribution in [0.2, 0.25) is 0 Å². The van der Waals surface area contributed by atoms with Gasteiger partial charge in [-0.05, 0) is 76.6 Å². The van der Waals surface area contributed by atoms with Crippen molar-refractivity contribution in [1.29, 1.82) is 0 Å². The Kier molecular flexibility index (Phi) is 4.50. The lowest BCUT2D eigenvalue weighted by Gasteiger charge is -2.38. The van der Waals surface area contributed by atoms with E-state index < -0.39 is 10.0 Å². The molecule has 0 N–H and O–H groups in total. The van der Waals surface area contributed by atoms with Crippen molar-refractivity contribution in [1.82, 2.24) is 4.31 Å². The fourth-order valence-corrected chi connectivity index (χ4v) is 6.01. The lowest BCUT2D eigenvalue weighted by molar-refractivity contribution is 0.204. The molecule has 1 saturated heterocycles. The molecule has 3 nitrogen and oxygen atoms in total. The van der Waals surface area contributed by atoms with Gasteiger partial charge >= 0.3 is 0 Å². The quantitative estimate of drug-likeness (QED) is 0.831. The average molecular weight is 309 g/mol. The van der Waals surface area contributed by atoms with E-state index in [1.165, 1.54) is 0 Å². The number of benzene rings is 1. The number of hydrogen-bond acceptors (Lipinski definition) is 2. The maximum atomic E-state index is 13.3. The second-order valence-corrected chi connectivity index (χ2v) is 8.33. The highest BCUT2D eigenvalue weighted by molar-refractivity contribution is 7.89. The first-order valence-electron chi connectivity index (χ1n) is 7.78. The predicted molar refractivity (Wildman–Crippen MR) is 87.2 cm³/mol. The molecule has 1 aromatic rings. The number of piperidine rings is 1. The van der Waals surface area contributed by atoms with Gasteiger partial charge in [0.25, 0.3) is 0 Å². The van der Waals surface area contributed by atoms with Crippen LogP contribution in [0.5, 0.6) is 0 Å². The van der Waals surface area contributed by atoms with E-state index in [2.05, 4.69) is 6.07 Å². The molecule has 1 heterocycles. The fourth-order valence-electron chi connectivity index (χ4n) is 3.54. The summed E-state index contributed by atoms with van der Waals surface area (Å²) in [7, 11) is -3.43. The lowest BCUT2D eigenvalue weighted by atomic mass is 10.0. The smallest absolute Gasteiger partial charge is 0.207 e. The lowest BCUT2D eigenvalue weighted by Crippen LogP contribution is -2.47. The van der Waals surface area contributed by atoms with E-state index in [-0.39, 0.29) is 12.1 Å². The van der Waals surface area contributed by atoms with Crippen LogP contribution in [0.1, 0.15) is 55.4 Å². The number of hydrogen-bond donors (Lipinski definition) is 0. The van der Waals surface area contributed by atoms with Gasteiger partial charge in [0.15, 0.2) is 0 Å². The normalized spacial score (nSPS) is 24.3. The monoisotopic (exact) mass is 309 g/mol. The van der Waals surface area contributed by atoms with Crippen molar-refractivity contribution in [2.24, 2.45) is 0 Å². The van der Waals surface area contributed by atoms with Crippen molar-refractivity contribution in [3.05, 3.63) is 28.3 Å². The van der Waals surface area contributed by atoms with Crippen LogP contribution in [0.25, 0.3) is 0 Å². The van der Waals surface area contributed by atoms with Crippen LogP contribution in [0, 0.1) is 27.7 Å². The molecule has 0 aromatic heterocycles. The van der Waals surface area contributed by atoms with E-state index in [0.717, 1.165) is 41.5 Å². The third-order valence-electron chi connectivity index (χ3n) is 4.95. The zero-order valence-electron chi connectivity index (χ0n) is 14.0. The van der Waals surface area contributed by atoms with Crippen molar-refractivity contribution in [3.8, 4) is 0 Å². The highest BCUT2D eigenvalue weighted by atomic mass is 32.2. The minimum Gasteiger partial charge on any atom is -0.207 e. The Morgan fingerprint density at radius 2 is 1.38 bits per heavy atom. The molecule has 0 amide bonds. The summed E-state index contributed by atoms with van der Waals surface area (Å²) < 4.78 is 28.3. The first-order chi connectivity index (χ1) is 9.67. The van der Waals surface area contributed by atoms with Crippen LogP contribution in [0.4, 0.5) is 0 Å². The molecule has 1 aliphatic heterocycles. The van der Waals surface area contributed by atoms with Gasteiger partial charge in [0, 0.05) is 12.1 Å². The van der Waals surface area contributed by atoms with Gasteiger partial charge in [-0.25, -0.2) is 8.42 Å². The Bertz CT molecular complexity index is 613. The largest absolute Gasteiger partial charge is 0.244 e. The summed E-state index contributed by atoms with van der Waals surface area (Å²) in [5.74, 6) is 0. The zero-order valence-corrected chi connectivity index (χ0v) is 14.8. The molecule has 21 heavy (non-hydrogen) atoms. The van der Waals surface area contributed by atoms with Crippen molar-refractivity contribution < 1.29 is 8.42 Å². The second-order valence-electron chi connectivity index (χ2n) is 6.55. The third-order valence-corrected chi connectivity index (χ3v) is 7.35. The highest BCUT2D eigenvalue weighted by Crippen LogP contribution is 2.34. The summed E-state index contributed by atoms with van der Waals surface area (Å²) in [6, 6.07) is 2.24. The van der Waals surface area contributed by atoms with Gasteiger partial charge in [-0.15, -0.1) is 0 Å². The fraction of sp³-hybridized carbons (Fsp3) is 0.647. The first kappa shape index (κ1) is 16.5. The maximum absolute atomic E-state index is 13.3. The molecule has 1 aliphatic rings. The molecule has 118 valence electrons. The Morgan fingerprint density at radius 1 is 0.952 bits per heavy atom. The van der Waals surface area contributed by atoms with E-state index >= 15 is 0 Å². The highest BCUT2D eigenvalue weighted by Gasteiger charge is 2.37. The number of aryl methyl sites for hydroxylation is 2. The third kappa shape index (κ3) is 2.76. The van der Waals surface area contributed by atoms with Crippen LogP contribution in [0.3, 0.4) is 0 Å². The van der Waals surface area contributed by atoms with Gasteiger partial charge in [0.2, 0.25) is 10.0 Å². The number of nitrogens with zero attached hydrogens (tertiary/aromatic N) is 1. The molecule has 1 fully saturated rings. The Labute approximate surface area is 129 Å². The molecule has 2 atom stereocenters. The van der Waals surface area contributed by atoms with E-state index in [1.807, 2.05) is 41.5 Å². The summed E-state index contributed by atoms with van der Waals surface area (Å²) in [6.07, 6.45) is 3.01. The predicted octanol–water partition coefficient (Wildman–Crippen LogP) is 3.87. The van der Waals surface area contributed by atoms with Gasteiger partial charge in [0.05, 0.1) is 4.90 Å². The van der Waals surface area contributed by atoms with Gasteiger partial charge in [0.1, 0.15) is 0 Å². The topological polar surface area (TPSA) is 37.4 Å². The Hall–Kier alpha value is -0.870. The minimum absolute atomic E-state index is 0.0818. The maximum Gasteiger partial charge on any atom is 0.244 e. The number of rotatable bonds is 2. The summed E-state index contributed by atoms with van der Waals surface area (Å²) in [5, 5.41) is 0. The Morgan fingerprint density at radius 3 is 1.81 bits per heavy atom. The van der Waals surface area contributed by atoms with Crippen molar-refractivity contribution in [2.45, 2.75) is 77.8 Å². The van der Waals surface area contributed by atoms with Gasteiger partial charge < -0.3 is 0 Å². The Balaban J connectivity index is 2.64. The SMILES string of the molecule is Cc1cc(C)c(C)c(S(=O)(=O)N2[C@H](C)CCC[C@@H]2C)c1C. The van der Waals surface area contributed by atoms with Crippen LogP contribution < -0.4 is 0 Å². The van der Waals surface area contributed by atoms with Gasteiger partial charge in [-0.2, -0.15) is 4.31 Å². The van der Waals surface area contributed by atoms with Crippen LogP contribution >= 0.6 is 0 Å². The van der Waals surface area contributed by atoms with Crippen LogP contribution in [-0.4, -0.2) is 24.8 Å². The molecule has 0 bridgehead atoms. The van der Waals surface area contributed by atoms with Crippen LogP contribution in [-0.2, 0) is 10.0 Å². The minimum atomic E-state index is -3.43. The zero-order chi connectivity index (χ0) is 15.9. The van der Waals surface area contributed by atoms with E-state index in [9.17, 15) is 8.42 Å². The summed E-state index contributed by atoms with van der Waals surface area (Å²) >= 11 is 0. The molecule has 1 aromatic carbocycles. The molecule has 0 aliphatic carbocycles. The summed E-state index contributed by atoms with van der Waals surface area (Å²) in [6.45, 7) is 11.9. The molecule has 4 heteroatoms. The van der Waals surface area contributed by atoms with Gasteiger partial charge in [-0.3, -0.25) is 0 Å².